The predicted octanol–water partition coefficient (Wildman–Crippen LogP) is 3.86. The Hall–Kier alpha value is -0.780. The SMILES string of the molecule is COc1cc(Br)ccc1C(N)c1ccc(Br)o1. The van der Waals surface area contributed by atoms with Crippen LogP contribution in [-0.4, -0.2) is 7.11 Å². The highest BCUT2D eigenvalue weighted by Crippen LogP contribution is 2.32. The first-order valence-electron chi connectivity index (χ1n) is 4.96. The van der Waals surface area contributed by atoms with Gasteiger partial charge in [-0.1, -0.05) is 22.0 Å². The van der Waals surface area contributed by atoms with Crippen molar-refractivity contribution in [1.82, 2.24) is 0 Å². The summed E-state index contributed by atoms with van der Waals surface area (Å²) in [5, 5.41) is 0. The van der Waals surface area contributed by atoms with E-state index in [1.807, 2.05) is 30.3 Å². The Morgan fingerprint density at radius 1 is 1.24 bits per heavy atom. The molecule has 0 radical (unpaired) electrons. The van der Waals surface area contributed by atoms with Crippen molar-refractivity contribution in [3.05, 3.63) is 50.8 Å². The molecule has 2 aromatic rings. The minimum absolute atomic E-state index is 0.343. The maximum Gasteiger partial charge on any atom is 0.169 e. The van der Waals surface area contributed by atoms with Crippen LogP contribution in [0.4, 0.5) is 0 Å². The van der Waals surface area contributed by atoms with E-state index in [1.165, 1.54) is 0 Å². The van der Waals surface area contributed by atoms with E-state index in [0.29, 0.717) is 10.4 Å². The van der Waals surface area contributed by atoms with Gasteiger partial charge in [0.05, 0.1) is 13.2 Å². The van der Waals surface area contributed by atoms with Crippen molar-refractivity contribution < 1.29 is 9.15 Å². The monoisotopic (exact) mass is 359 g/mol. The van der Waals surface area contributed by atoms with Gasteiger partial charge in [-0.25, -0.2) is 0 Å². The molecule has 1 aromatic heterocycles. The van der Waals surface area contributed by atoms with Gasteiger partial charge in [-0.2, -0.15) is 0 Å². The average molecular weight is 361 g/mol. The van der Waals surface area contributed by atoms with Crippen LogP contribution in [0.15, 0.2) is 43.9 Å². The van der Waals surface area contributed by atoms with Gasteiger partial charge in [-0.05, 0) is 40.2 Å². The quantitative estimate of drug-likeness (QED) is 0.903. The number of hydrogen-bond acceptors (Lipinski definition) is 3. The number of furan rings is 1. The first kappa shape index (κ1) is 12.7. The van der Waals surface area contributed by atoms with Crippen molar-refractivity contribution in [3.63, 3.8) is 0 Å². The molecule has 0 bridgehead atoms. The lowest BCUT2D eigenvalue weighted by atomic mass is 10.0. The zero-order chi connectivity index (χ0) is 12.4. The van der Waals surface area contributed by atoms with E-state index in [0.717, 1.165) is 15.8 Å². The average Bonchev–Trinajstić information content (AvgIpc) is 2.75. The molecule has 0 spiro atoms. The molecule has 0 aliphatic rings. The standard InChI is InChI=1S/C12H11Br2NO2/c1-16-10-6-7(13)2-3-8(10)12(15)9-4-5-11(14)17-9/h2-6,12H,15H2,1H3. The molecule has 2 N–H and O–H groups in total. The van der Waals surface area contributed by atoms with Crippen LogP contribution in [0, 0.1) is 0 Å². The normalized spacial score (nSPS) is 12.5. The van der Waals surface area contributed by atoms with Gasteiger partial charge >= 0.3 is 0 Å². The van der Waals surface area contributed by atoms with Crippen LogP contribution in [0.3, 0.4) is 0 Å². The lowest BCUT2D eigenvalue weighted by molar-refractivity contribution is 0.401. The number of rotatable bonds is 3. The molecular formula is C12H11Br2NO2. The van der Waals surface area contributed by atoms with Crippen LogP contribution in [0.25, 0.3) is 0 Å². The van der Waals surface area contributed by atoms with E-state index < -0.39 is 0 Å². The zero-order valence-electron chi connectivity index (χ0n) is 9.11. The molecule has 90 valence electrons. The predicted molar refractivity (Wildman–Crippen MR) is 73.1 cm³/mol. The summed E-state index contributed by atoms with van der Waals surface area (Å²) in [5.41, 5.74) is 7.03. The fourth-order valence-electron chi connectivity index (χ4n) is 1.59. The van der Waals surface area contributed by atoms with E-state index in [-0.39, 0.29) is 6.04 Å². The highest BCUT2D eigenvalue weighted by Gasteiger charge is 2.17. The van der Waals surface area contributed by atoms with Gasteiger partial charge in [0.1, 0.15) is 11.5 Å². The van der Waals surface area contributed by atoms with Gasteiger partial charge in [0, 0.05) is 10.0 Å². The fraction of sp³-hybridized carbons (Fsp3) is 0.167. The van der Waals surface area contributed by atoms with Gasteiger partial charge in [0.2, 0.25) is 0 Å². The molecule has 2 rings (SSSR count). The maximum absolute atomic E-state index is 6.15. The van der Waals surface area contributed by atoms with Crippen LogP contribution >= 0.6 is 31.9 Å². The Labute approximate surface area is 116 Å². The number of halogens is 2. The Morgan fingerprint density at radius 3 is 2.59 bits per heavy atom. The van der Waals surface area contributed by atoms with Crippen LogP contribution in [0.5, 0.6) is 5.75 Å². The third-order valence-corrected chi connectivity index (χ3v) is 3.35. The summed E-state index contributed by atoms with van der Waals surface area (Å²) in [6, 6.07) is 9.05. The highest BCUT2D eigenvalue weighted by molar-refractivity contribution is 9.10. The number of hydrogen-bond donors (Lipinski definition) is 1. The smallest absolute Gasteiger partial charge is 0.169 e. The maximum atomic E-state index is 6.15. The molecule has 0 aliphatic carbocycles. The lowest BCUT2D eigenvalue weighted by Gasteiger charge is -2.14. The third-order valence-electron chi connectivity index (χ3n) is 2.43. The summed E-state index contributed by atoms with van der Waals surface area (Å²) in [6.07, 6.45) is 0. The van der Waals surface area contributed by atoms with Crippen LogP contribution in [0.2, 0.25) is 0 Å². The topological polar surface area (TPSA) is 48.4 Å². The molecule has 5 heteroatoms. The lowest BCUT2D eigenvalue weighted by Crippen LogP contribution is -2.12. The molecule has 0 fully saturated rings. The van der Waals surface area contributed by atoms with Crippen molar-refractivity contribution in [2.45, 2.75) is 6.04 Å². The van der Waals surface area contributed by atoms with Crippen molar-refractivity contribution in [2.24, 2.45) is 5.73 Å². The van der Waals surface area contributed by atoms with Gasteiger partial charge in [-0.3, -0.25) is 0 Å². The van der Waals surface area contributed by atoms with E-state index in [9.17, 15) is 0 Å². The van der Waals surface area contributed by atoms with E-state index in [1.54, 1.807) is 7.11 Å². The van der Waals surface area contributed by atoms with Crippen LogP contribution in [-0.2, 0) is 0 Å². The molecule has 0 amide bonds. The van der Waals surface area contributed by atoms with Crippen LogP contribution in [0.1, 0.15) is 17.4 Å². The van der Waals surface area contributed by atoms with E-state index in [4.69, 9.17) is 14.9 Å². The van der Waals surface area contributed by atoms with E-state index in [2.05, 4.69) is 31.9 Å². The van der Waals surface area contributed by atoms with Gasteiger partial charge in [0.25, 0.3) is 0 Å². The number of methoxy groups -OCH3 is 1. The van der Waals surface area contributed by atoms with Crippen molar-refractivity contribution in [2.75, 3.05) is 7.11 Å². The molecule has 0 saturated carbocycles. The molecule has 0 saturated heterocycles. The third kappa shape index (κ3) is 2.73. The van der Waals surface area contributed by atoms with Gasteiger partial charge in [0.15, 0.2) is 4.67 Å². The molecule has 1 aromatic carbocycles. The minimum atomic E-state index is -0.343. The Kier molecular flexibility index (Phi) is 3.91. The largest absolute Gasteiger partial charge is 0.496 e. The first-order chi connectivity index (χ1) is 8.11. The Morgan fingerprint density at radius 2 is 2.00 bits per heavy atom. The second-order valence-corrected chi connectivity index (χ2v) is 5.20. The highest BCUT2D eigenvalue weighted by atomic mass is 79.9. The van der Waals surface area contributed by atoms with Gasteiger partial charge < -0.3 is 14.9 Å². The zero-order valence-corrected chi connectivity index (χ0v) is 12.3. The minimum Gasteiger partial charge on any atom is -0.496 e. The fourth-order valence-corrected chi connectivity index (χ4v) is 2.25. The molecule has 3 nitrogen and oxygen atoms in total. The summed E-state index contributed by atoms with van der Waals surface area (Å²) in [4.78, 5) is 0. The van der Waals surface area contributed by atoms with Crippen molar-refractivity contribution >= 4 is 31.9 Å². The van der Waals surface area contributed by atoms with E-state index >= 15 is 0 Å². The molecule has 17 heavy (non-hydrogen) atoms. The summed E-state index contributed by atoms with van der Waals surface area (Å²) in [5.74, 6) is 1.43. The van der Waals surface area contributed by atoms with Gasteiger partial charge in [-0.15, -0.1) is 0 Å². The molecule has 0 aliphatic heterocycles. The summed E-state index contributed by atoms with van der Waals surface area (Å²) < 4.78 is 12.4. The molecular weight excluding hydrogens is 350 g/mol. The summed E-state index contributed by atoms with van der Waals surface area (Å²) >= 11 is 6.65. The Bertz CT molecular complexity index is 525. The summed E-state index contributed by atoms with van der Waals surface area (Å²) in [6.45, 7) is 0. The Balaban J connectivity index is 2.39. The van der Waals surface area contributed by atoms with Crippen molar-refractivity contribution in [1.29, 1.82) is 0 Å². The molecule has 1 heterocycles. The number of benzene rings is 1. The molecule has 1 atom stereocenters. The number of nitrogens with two attached hydrogens (primary N) is 1. The number of ether oxygens (including phenoxy) is 1. The second-order valence-electron chi connectivity index (χ2n) is 3.51. The molecule has 1 unspecified atom stereocenters. The first-order valence-corrected chi connectivity index (χ1v) is 6.54. The second kappa shape index (κ2) is 5.25. The summed E-state index contributed by atoms with van der Waals surface area (Å²) in [7, 11) is 1.62. The van der Waals surface area contributed by atoms with Crippen LogP contribution < -0.4 is 10.5 Å². The van der Waals surface area contributed by atoms with Crippen molar-refractivity contribution in [3.8, 4) is 5.75 Å².